The molecule has 0 amide bonds. The van der Waals surface area contributed by atoms with E-state index in [2.05, 4.69) is 21.3 Å². The van der Waals surface area contributed by atoms with Gasteiger partial charge in [-0.05, 0) is 6.42 Å². The van der Waals surface area contributed by atoms with Gasteiger partial charge in [0.15, 0.2) is 5.96 Å². The van der Waals surface area contributed by atoms with Gasteiger partial charge < -0.3 is 10.2 Å². The average Bonchev–Trinajstić information content (AvgIpc) is 2.46. The van der Waals surface area contributed by atoms with Crippen LogP contribution in [0.15, 0.2) is 4.99 Å². The van der Waals surface area contributed by atoms with Crippen LogP contribution in [-0.4, -0.2) is 37.5 Å². The van der Waals surface area contributed by atoms with Gasteiger partial charge in [0.25, 0.3) is 0 Å². The highest BCUT2D eigenvalue weighted by Gasteiger charge is 2.10. The molecule has 0 saturated heterocycles. The molecule has 1 aliphatic heterocycles. The van der Waals surface area contributed by atoms with Crippen molar-refractivity contribution in [2.75, 3.05) is 26.7 Å². The van der Waals surface area contributed by atoms with Crippen molar-refractivity contribution in [1.82, 2.24) is 10.2 Å². The summed E-state index contributed by atoms with van der Waals surface area (Å²) in [5.74, 6) is 0.966. The Balaban J connectivity index is 0.00000144. The maximum atomic E-state index is 8.29. The number of nitrogens with zero attached hydrogens (tertiary/aromatic N) is 3. The van der Waals surface area contributed by atoms with E-state index in [9.17, 15) is 0 Å². The molecule has 0 bridgehead atoms. The number of unbranched alkanes of at least 4 members (excludes halogenated alkanes) is 1. The summed E-state index contributed by atoms with van der Waals surface area (Å²) < 4.78 is 0. The predicted molar refractivity (Wildman–Crippen MR) is 63.2 cm³/mol. The molecule has 1 rings (SSSR count). The fourth-order valence-electron chi connectivity index (χ4n) is 1.09. The van der Waals surface area contributed by atoms with E-state index in [4.69, 9.17) is 5.26 Å². The Labute approximate surface area is 96.0 Å². The minimum absolute atomic E-state index is 0. The maximum absolute atomic E-state index is 8.29. The number of nitriles is 1. The summed E-state index contributed by atoms with van der Waals surface area (Å²) in [4.78, 5) is 6.35. The number of likely N-dealkylation sites (N-methyl/N-ethyl adjacent to an activating group) is 1. The van der Waals surface area contributed by atoms with Crippen molar-refractivity contribution in [1.29, 1.82) is 5.26 Å². The molecular formula is C8H15IN4. The minimum Gasteiger partial charge on any atom is -0.356 e. The van der Waals surface area contributed by atoms with Crippen molar-refractivity contribution >= 4 is 29.9 Å². The van der Waals surface area contributed by atoms with Crippen LogP contribution in [0, 0.1) is 11.3 Å². The lowest BCUT2D eigenvalue weighted by Crippen LogP contribution is -2.35. The second-order valence-corrected chi connectivity index (χ2v) is 2.82. The van der Waals surface area contributed by atoms with Crippen LogP contribution in [0.1, 0.15) is 12.8 Å². The molecule has 0 aliphatic carbocycles. The Hall–Kier alpha value is -0.510. The zero-order chi connectivity index (χ0) is 8.81. The van der Waals surface area contributed by atoms with E-state index >= 15 is 0 Å². The molecule has 74 valence electrons. The molecule has 4 nitrogen and oxygen atoms in total. The molecule has 0 radical (unpaired) electrons. The predicted octanol–water partition coefficient (Wildman–Crippen LogP) is 0.799. The Morgan fingerprint density at radius 1 is 1.69 bits per heavy atom. The zero-order valence-corrected chi connectivity index (χ0v) is 10.1. The average molecular weight is 294 g/mol. The number of guanidine groups is 1. The Bertz CT molecular complexity index is 209. The van der Waals surface area contributed by atoms with Gasteiger partial charge >= 0.3 is 0 Å². The number of aliphatic imine (C=N–C) groups is 1. The third-order valence-corrected chi connectivity index (χ3v) is 1.81. The fraction of sp³-hybridized carbons (Fsp3) is 0.750. The number of hydrogen-bond acceptors (Lipinski definition) is 4. The third kappa shape index (κ3) is 4.31. The summed E-state index contributed by atoms with van der Waals surface area (Å²) in [6.45, 7) is 2.73. The van der Waals surface area contributed by atoms with Gasteiger partial charge in [-0.1, -0.05) is 0 Å². The summed E-state index contributed by atoms with van der Waals surface area (Å²) in [6.07, 6.45) is 1.51. The first kappa shape index (κ1) is 12.5. The van der Waals surface area contributed by atoms with Crippen molar-refractivity contribution in [3.8, 4) is 6.07 Å². The van der Waals surface area contributed by atoms with Crippen LogP contribution in [0.25, 0.3) is 0 Å². The lowest BCUT2D eigenvalue weighted by atomic mass is 10.3. The first-order valence-electron chi connectivity index (χ1n) is 4.21. The second-order valence-electron chi connectivity index (χ2n) is 2.82. The summed E-state index contributed by atoms with van der Waals surface area (Å²) in [5.41, 5.74) is 0. The van der Waals surface area contributed by atoms with E-state index in [1.165, 1.54) is 0 Å². The number of halogens is 1. The summed E-state index contributed by atoms with van der Waals surface area (Å²) in [7, 11) is 2.02. The van der Waals surface area contributed by atoms with E-state index in [0.717, 1.165) is 32.0 Å². The van der Waals surface area contributed by atoms with E-state index in [0.29, 0.717) is 6.42 Å². The van der Waals surface area contributed by atoms with Gasteiger partial charge in [0.1, 0.15) is 0 Å². The van der Waals surface area contributed by atoms with Crippen molar-refractivity contribution in [3.05, 3.63) is 0 Å². The van der Waals surface area contributed by atoms with Gasteiger partial charge in [-0.3, -0.25) is 4.99 Å². The van der Waals surface area contributed by atoms with E-state index in [1.807, 2.05) is 7.05 Å². The van der Waals surface area contributed by atoms with Crippen LogP contribution < -0.4 is 5.32 Å². The highest BCUT2D eigenvalue weighted by atomic mass is 127. The third-order valence-electron chi connectivity index (χ3n) is 1.81. The van der Waals surface area contributed by atoms with Crippen molar-refractivity contribution in [3.63, 3.8) is 0 Å². The lowest BCUT2D eigenvalue weighted by molar-refractivity contribution is 0.533. The first-order chi connectivity index (χ1) is 5.84. The molecule has 0 saturated carbocycles. The van der Waals surface area contributed by atoms with Gasteiger partial charge in [0, 0.05) is 26.6 Å². The van der Waals surface area contributed by atoms with Gasteiger partial charge in [0.05, 0.1) is 12.6 Å². The van der Waals surface area contributed by atoms with Gasteiger partial charge in [-0.15, -0.1) is 24.0 Å². The van der Waals surface area contributed by atoms with Crippen molar-refractivity contribution in [2.45, 2.75) is 12.8 Å². The van der Waals surface area contributed by atoms with E-state index in [1.54, 1.807) is 0 Å². The molecule has 0 aromatic rings. The molecule has 0 spiro atoms. The van der Waals surface area contributed by atoms with Gasteiger partial charge in [-0.25, -0.2) is 0 Å². The number of rotatable bonds is 3. The molecule has 1 aliphatic rings. The molecule has 1 N–H and O–H groups in total. The van der Waals surface area contributed by atoms with Crippen LogP contribution in [0.2, 0.25) is 0 Å². The molecule has 1 heterocycles. The van der Waals surface area contributed by atoms with E-state index in [-0.39, 0.29) is 24.0 Å². The smallest absolute Gasteiger partial charge is 0.193 e. The summed E-state index contributed by atoms with van der Waals surface area (Å²) in [5, 5.41) is 11.5. The molecular weight excluding hydrogens is 279 g/mol. The van der Waals surface area contributed by atoms with Crippen molar-refractivity contribution in [2.24, 2.45) is 4.99 Å². The molecule has 0 unspecified atom stereocenters. The van der Waals surface area contributed by atoms with Crippen LogP contribution in [0.3, 0.4) is 0 Å². The first-order valence-corrected chi connectivity index (χ1v) is 4.21. The molecule has 0 aromatic heterocycles. The molecule has 0 atom stereocenters. The molecule has 0 fully saturated rings. The lowest BCUT2D eigenvalue weighted by Gasteiger charge is -2.14. The zero-order valence-electron chi connectivity index (χ0n) is 7.79. The highest BCUT2D eigenvalue weighted by molar-refractivity contribution is 14.0. The molecule has 13 heavy (non-hydrogen) atoms. The Morgan fingerprint density at radius 2 is 2.46 bits per heavy atom. The monoisotopic (exact) mass is 294 g/mol. The molecule has 0 aromatic carbocycles. The van der Waals surface area contributed by atoms with Gasteiger partial charge in [-0.2, -0.15) is 5.26 Å². The van der Waals surface area contributed by atoms with Gasteiger partial charge in [0.2, 0.25) is 0 Å². The fourth-order valence-corrected chi connectivity index (χ4v) is 1.09. The van der Waals surface area contributed by atoms with Crippen LogP contribution in [-0.2, 0) is 0 Å². The largest absolute Gasteiger partial charge is 0.356 e. The molecule has 5 heteroatoms. The Kier molecular flexibility index (Phi) is 6.68. The highest BCUT2D eigenvalue weighted by Crippen LogP contribution is 1.95. The topological polar surface area (TPSA) is 51.4 Å². The summed E-state index contributed by atoms with van der Waals surface area (Å²) in [6, 6.07) is 2.11. The van der Waals surface area contributed by atoms with Crippen LogP contribution >= 0.6 is 24.0 Å². The maximum Gasteiger partial charge on any atom is 0.193 e. The normalized spacial score (nSPS) is 14.5. The number of hydrogen-bond donors (Lipinski definition) is 1. The quantitative estimate of drug-likeness (QED) is 0.619. The Morgan fingerprint density at radius 3 is 3.00 bits per heavy atom. The summed E-state index contributed by atoms with van der Waals surface area (Å²) >= 11 is 0. The van der Waals surface area contributed by atoms with Crippen LogP contribution in [0.5, 0.6) is 0 Å². The van der Waals surface area contributed by atoms with Crippen molar-refractivity contribution < 1.29 is 0 Å². The second kappa shape index (κ2) is 6.95. The van der Waals surface area contributed by atoms with E-state index < -0.39 is 0 Å². The standard InChI is InChI=1S/C8H14N4.HI/c1-12-7-6-11-8(12)10-5-3-2-4-9;/h2-3,5-7H2,1H3,(H,10,11);1H. The minimum atomic E-state index is 0. The number of nitrogens with one attached hydrogen (secondary N) is 1. The van der Waals surface area contributed by atoms with Crippen LogP contribution in [0.4, 0.5) is 0 Å². The SMILES string of the molecule is CN1CCN=C1NCCCC#N.I.